The third-order valence-corrected chi connectivity index (χ3v) is 5.71. The number of ketones is 1. The number of piperazine rings is 1. The number of hydrogen-bond acceptors (Lipinski definition) is 4. The molecule has 0 aromatic heterocycles. The summed E-state index contributed by atoms with van der Waals surface area (Å²) in [6, 6.07) is 0. The fourth-order valence-electron chi connectivity index (χ4n) is 3.63. The first-order chi connectivity index (χ1) is 22.2. The first kappa shape index (κ1) is 52.6. The number of likely N-dealkylation sites (N-methyl/N-ethyl adjacent to an activating group) is 1. The quantitative estimate of drug-likeness (QED) is 0.280. The van der Waals surface area contributed by atoms with E-state index in [2.05, 4.69) is 100 Å². The molecule has 5 nitrogen and oxygen atoms in total. The molecule has 268 valence electrons. The highest BCUT2D eigenvalue weighted by Crippen LogP contribution is 2.16. The third kappa shape index (κ3) is 31.1. The monoisotopic (exact) mass is 644 g/mol. The molecule has 0 bridgehead atoms. The largest absolute Gasteiger partial charge is 0.378 e. The molecule has 1 amide bonds. The van der Waals surface area contributed by atoms with E-state index in [1.807, 2.05) is 74.1 Å². The predicted octanol–water partition coefficient (Wildman–Crippen LogP) is 11.0. The molecule has 1 aliphatic heterocycles. The summed E-state index contributed by atoms with van der Waals surface area (Å²) in [7, 11) is 4.11. The predicted molar refractivity (Wildman–Crippen MR) is 210 cm³/mol. The van der Waals surface area contributed by atoms with Gasteiger partial charge in [-0.3, -0.25) is 14.5 Å². The zero-order valence-corrected chi connectivity index (χ0v) is 33.6. The molecule has 0 radical (unpaired) electrons. The Bertz CT molecular complexity index is 903. The molecular weight excluding hydrogens is 566 g/mol. The second-order valence-electron chi connectivity index (χ2n) is 9.64. The van der Waals surface area contributed by atoms with E-state index >= 15 is 0 Å². The van der Waals surface area contributed by atoms with Gasteiger partial charge in [0.15, 0.2) is 5.78 Å². The van der Waals surface area contributed by atoms with Crippen LogP contribution in [0.2, 0.25) is 0 Å². The second-order valence-corrected chi connectivity index (χ2v) is 9.64. The number of allylic oxidation sites excluding steroid dienone is 11. The Morgan fingerprint density at radius 1 is 0.783 bits per heavy atom. The van der Waals surface area contributed by atoms with E-state index < -0.39 is 0 Å². The van der Waals surface area contributed by atoms with Crippen LogP contribution in [0.5, 0.6) is 0 Å². The summed E-state index contributed by atoms with van der Waals surface area (Å²) >= 11 is 0. The van der Waals surface area contributed by atoms with E-state index in [-0.39, 0.29) is 11.7 Å². The lowest BCUT2D eigenvalue weighted by molar-refractivity contribution is -0.128. The smallest absolute Gasteiger partial charge is 0.246 e. The molecule has 0 N–H and O–H groups in total. The molecule has 1 heterocycles. The topological polar surface area (TPSA) is 43.9 Å². The van der Waals surface area contributed by atoms with Crippen molar-refractivity contribution < 1.29 is 9.59 Å². The molecule has 0 saturated carbocycles. The highest BCUT2D eigenvalue weighted by molar-refractivity contribution is 5.96. The number of rotatable bonds is 5. The molecule has 0 spiro atoms. The van der Waals surface area contributed by atoms with Gasteiger partial charge in [-0.25, -0.2) is 0 Å². The van der Waals surface area contributed by atoms with Crippen LogP contribution in [-0.2, 0) is 9.59 Å². The van der Waals surface area contributed by atoms with E-state index in [1.165, 1.54) is 47.9 Å². The van der Waals surface area contributed by atoms with E-state index in [0.29, 0.717) is 13.1 Å². The Labute approximate surface area is 288 Å². The molecule has 2 aliphatic carbocycles. The second kappa shape index (κ2) is 40.1. The number of nitrogens with zero attached hydrogens (tertiary/aromatic N) is 3. The van der Waals surface area contributed by atoms with Crippen LogP contribution in [0.25, 0.3) is 0 Å². The molecule has 1 fully saturated rings. The number of carbonyl (C=O) groups is 2. The fourth-order valence-corrected chi connectivity index (χ4v) is 3.63. The number of hydrogen-bond donors (Lipinski definition) is 0. The molecule has 46 heavy (non-hydrogen) atoms. The van der Waals surface area contributed by atoms with Gasteiger partial charge in [-0.15, -0.1) is 0 Å². The maximum Gasteiger partial charge on any atom is 0.246 e. The van der Waals surface area contributed by atoms with Crippen LogP contribution in [0.1, 0.15) is 123 Å². The van der Waals surface area contributed by atoms with Crippen LogP contribution < -0.4 is 0 Å². The molecule has 0 aromatic rings. The Morgan fingerprint density at radius 2 is 1.24 bits per heavy atom. The van der Waals surface area contributed by atoms with Crippen molar-refractivity contribution in [1.82, 2.24) is 14.7 Å². The summed E-state index contributed by atoms with van der Waals surface area (Å²) in [5.74, 6) is -0.167. The van der Waals surface area contributed by atoms with Crippen LogP contribution in [0.4, 0.5) is 0 Å². The molecule has 5 heteroatoms. The zero-order chi connectivity index (χ0) is 36.9. The van der Waals surface area contributed by atoms with Gasteiger partial charge in [0.1, 0.15) is 0 Å². The van der Waals surface area contributed by atoms with Gasteiger partial charge in [0, 0.05) is 58.6 Å². The SMILES string of the molecule is CC.CC.CC.CC.CC.CC(=O)/C=C/C(=O)N1CCN(CC2=CC(N(C)C)=CC=CC2)CC1.CC1=CCC=C(C)C=C1.CCC. The summed E-state index contributed by atoms with van der Waals surface area (Å²) in [6.07, 6.45) is 23.5. The van der Waals surface area contributed by atoms with Crippen LogP contribution in [0.15, 0.2) is 83.2 Å². The van der Waals surface area contributed by atoms with Crippen LogP contribution in [-0.4, -0.2) is 73.2 Å². The number of amides is 1. The minimum atomic E-state index is -0.0971. The van der Waals surface area contributed by atoms with Crippen molar-refractivity contribution in [2.75, 3.05) is 46.8 Å². The van der Waals surface area contributed by atoms with Crippen molar-refractivity contribution in [2.24, 2.45) is 0 Å². The summed E-state index contributed by atoms with van der Waals surface area (Å²) in [5, 5.41) is 0. The summed E-state index contributed by atoms with van der Waals surface area (Å²) in [4.78, 5) is 29.2. The van der Waals surface area contributed by atoms with Gasteiger partial charge in [0.05, 0.1) is 0 Å². The zero-order valence-electron chi connectivity index (χ0n) is 33.6. The summed E-state index contributed by atoms with van der Waals surface area (Å²) < 4.78 is 0. The van der Waals surface area contributed by atoms with Gasteiger partial charge in [0.2, 0.25) is 5.91 Å². The van der Waals surface area contributed by atoms with Crippen molar-refractivity contribution >= 4 is 11.7 Å². The van der Waals surface area contributed by atoms with Crippen molar-refractivity contribution in [3.8, 4) is 0 Å². The normalized spacial score (nSPS) is 14.6. The maximum absolute atomic E-state index is 12.0. The lowest BCUT2D eigenvalue weighted by Gasteiger charge is -2.34. The Morgan fingerprint density at radius 3 is 1.65 bits per heavy atom. The van der Waals surface area contributed by atoms with Gasteiger partial charge >= 0.3 is 0 Å². The standard InChI is InChI=1S/C19H27N3O2.C9H12.C3H8.5C2H6/c1-16(23)8-9-19(24)22-12-10-21(11-13-22)15-17-6-4-5-7-18(14-17)20(2)3;1-8-4-3-5-9(2)7-6-8;1-3-2;5*1-2/h4-5,7-9,14H,6,10-13,15H2,1-3H3;4-7H,3H2,1-2H3;3H2,1-2H3;5*1-2H3/b9-8+;;;;;;;. The number of carbonyl (C=O) groups excluding carboxylic acids is 2. The summed E-state index contributed by atoms with van der Waals surface area (Å²) in [6.45, 7) is 34.0. The molecule has 0 atom stereocenters. The van der Waals surface area contributed by atoms with E-state index in [0.717, 1.165) is 32.5 Å². The molecule has 3 rings (SSSR count). The van der Waals surface area contributed by atoms with Gasteiger partial charge in [-0.2, -0.15) is 0 Å². The molecular formula is C41H77N3O2. The van der Waals surface area contributed by atoms with Crippen molar-refractivity contribution in [3.05, 3.63) is 83.2 Å². The minimum Gasteiger partial charge on any atom is -0.378 e. The van der Waals surface area contributed by atoms with Gasteiger partial charge < -0.3 is 9.80 Å². The Balaban J connectivity index is -0.000000210. The summed E-state index contributed by atoms with van der Waals surface area (Å²) in [5.41, 5.74) is 5.33. The minimum absolute atomic E-state index is 0.0701. The van der Waals surface area contributed by atoms with Crippen LogP contribution in [0, 0.1) is 0 Å². The first-order valence-electron chi connectivity index (χ1n) is 18.1. The molecule has 0 unspecified atom stereocenters. The molecule has 3 aliphatic rings. The van der Waals surface area contributed by atoms with Gasteiger partial charge in [-0.1, -0.05) is 143 Å². The van der Waals surface area contributed by atoms with Crippen LogP contribution in [0.3, 0.4) is 0 Å². The van der Waals surface area contributed by atoms with Crippen LogP contribution >= 0.6 is 0 Å². The molecule has 1 saturated heterocycles. The highest BCUT2D eigenvalue weighted by atomic mass is 16.2. The van der Waals surface area contributed by atoms with Gasteiger partial charge in [0.25, 0.3) is 0 Å². The average Bonchev–Trinajstić information content (AvgIpc) is 3.45. The molecule has 0 aromatic carbocycles. The van der Waals surface area contributed by atoms with E-state index in [4.69, 9.17) is 0 Å². The highest BCUT2D eigenvalue weighted by Gasteiger charge is 2.20. The van der Waals surface area contributed by atoms with Crippen molar-refractivity contribution in [2.45, 2.75) is 123 Å². The van der Waals surface area contributed by atoms with E-state index in [1.54, 1.807) is 0 Å². The van der Waals surface area contributed by atoms with Crippen molar-refractivity contribution in [3.63, 3.8) is 0 Å². The third-order valence-electron chi connectivity index (χ3n) is 5.71. The fraction of sp³-hybridized carbons (Fsp3) is 0.610. The van der Waals surface area contributed by atoms with Gasteiger partial charge in [-0.05, 0) is 51.8 Å². The Hall–Kier alpha value is -2.92. The lowest BCUT2D eigenvalue weighted by atomic mass is 10.1. The maximum atomic E-state index is 12.0. The van der Waals surface area contributed by atoms with Crippen molar-refractivity contribution in [1.29, 1.82) is 0 Å². The van der Waals surface area contributed by atoms with E-state index in [9.17, 15) is 9.59 Å². The Kier molecular flexibility index (Phi) is 45.9. The average molecular weight is 644 g/mol. The lowest BCUT2D eigenvalue weighted by Crippen LogP contribution is -2.48. The first-order valence-corrected chi connectivity index (χ1v) is 18.1.